The number of halogens is 1. The number of ether oxygens (including phenoxy) is 1. The molecule has 0 fully saturated rings. The summed E-state index contributed by atoms with van der Waals surface area (Å²) in [4.78, 5) is 12.2. The summed E-state index contributed by atoms with van der Waals surface area (Å²) < 4.78 is 6.59. The molecule has 3 nitrogen and oxygen atoms in total. The maximum Gasteiger partial charge on any atom is 0.339 e. The molecule has 0 atom stereocenters. The van der Waals surface area contributed by atoms with Crippen molar-refractivity contribution in [2.75, 3.05) is 12.4 Å². The third-order valence-electron chi connectivity index (χ3n) is 2.55. The van der Waals surface area contributed by atoms with E-state index in [0.717, 1.165) is 15.1 Å². The minimum atomic E-state index is -0.973. The van der Waals surface area contributed by atoms with Crippen molar-refractivity contribution in [3.05, 3.63) is 58.6 Å². The van der Waals surface area contributed by atoms with E-state index in [0.29, 0.717) is 12.4 Å². The molecule has 0 aliphatic carbocycles. The standard InChI is InChI=1S/C15H13BrO3S/c16-12-6-2-4-8-14(12)20-10-9-19-13-7-3-1-5-11(13)15(17)18/h1-8H,9-10H2,(H,17,18). The molecule has 0 saturated heterocycles. The van der Waals surface area contributed by atoms with Crippen LogP contribution in [0.25, 0.3) is 0 Å². The predicted octanol–water partition coefficient (Wildman–Crippen LogP) is 4.32. The van der Waals surface area contributed by atoms with Gasteiger partial charge in [0.05, 0.1) is 6.61 Å². The van der Waals surface area contributed by atoms with E-state index < -0.39 is 5.97 Å². The van der Waals surface area contributed by atoms with Crippen molar-refractivity contribution in [3.8, 4) is 5.75 Å². The lowest BCUT2D eigenvalue weighted by Gasteiger charge is -2.09. The number of hydrogen-bond donors (Lipinski definition) is 1. The summed E-state index contributed by atoms with van der Waals surface area (Å²) in [6, 6.07) is 14.6. The van der Waals surface area contributed by atoms with Gasteiger partial charge in [0, 0.05) is 15.1 Å². The van der Waals surface area contributed by atoms with Gasteiger partial charge < -0.3 is 9.84 Å². The Hall–Kier alpha value is -1.46. The smallest absolute Gasteiger partial charge is 0.339 e. The zero-order valence-corrected chi connectivity index (χ0v) is 13.0. The van der Waals surface area contributed by atoms with Crippen LogP contribution in [0, 0.1) is 0 Å². The topological polar surface area (TPSA) is 46.5 Å². The van der Waals surface area contributed by atoms with E-state index in [1.54, 1.807) is 36.0 Å². The van der Waals surface area contributed by atoms with Gasteiger partial charge >= 0.3 is 5.97 Å². The molecular weight excluding hydrogens is 340 g/mol. The predicted molar refractivity (Wildman–Crippen MR) is 83.8 cm³/mol. The van der Waals surface area contributed by atoms with Gasteiger partial charge in [0.1, 0.15) is 11.3 Å². The largest absolute Gasteiger partial charge is 0.492 e. The summed E-state index contributed by atoms with van der Waals surface area (Å²) in [6.45, 7) is 0.455. The van der Waals surface area contributed by atoms with E-state index in [-0.39, 0.29) is 5.56 Å². The number of para-hydroxylation sites is 1. The normalized spacial score (nSPS) is 10.2. The van der Waals surface area contributed by atoms with Crippen molar-refractivity contribution < 1.29 is 14.6 Å². The van der Waals surface area contributed by atoms with E-state index in [2.05, 4.69) is 15.9 Å². The molecule has 0 radical (unpaired) electrons. The molecular formula is C15H13BrO3S. The van der Waals surface area contributed by atoms with Crippen LogP contribution in [0.1, 0.15) is 10.4 Å². The van der Waals surface area contributed by atoms with Gasteiger partial charge in [-0.3, -0.25) is 0 Å². The minimum Gasteiger partial charge on any atom is -0.492 e. The lowest BCUT2D eigenvalue weighted by atomic mass is 10.2. The van der Waals surface area contributed by atoms with Crippen LogP contribution in [0.5, 0.6) is 5.75 Å². The first kappa shape index (κ1) is 14.9. The Labute approximate surface area is 130 Å². The van der Waals surface area contributed by atoms with Crippen LogP contribution < -0.4 is 4.74 Å². The van der Waals surface area contributed by atoms with E-state index in [1.807, 2.05) is 24.3 Å². The second-order valence-electron chi connectivity index (χ2n) is 3.93. The summed E-state index contributed by atoms with van der Waals surface area (Å²) in [6.07, 6.45) is 0. The van der Waals surface area contributed by atoms with Gasteiger partial charge in [-0.1, -0.05) is 24.3 Å². The molecule has 0 spiro atoms. The Morgan fingerprint density at radius 2 is 1.85 bits per heavy atom. The van der Waals surface area contributed by atoms with E-state index >= 15 is 0 Å². The molecule has 0 saturated carbocycles. The minimum absolute atomic E-state index is 0.193. The maximum atomic E-state index is 11.0. The molecule has 0 aliphatic heterocycles. The molecule has 0 amide bonds. The van der Waals surface area contributed by atoms with Gasteiger partial charge in [-0.15, -0.1) is 11.8 Å². The average molecular weight is 353 g/mol. The highest BCUT2D eigenvalue weighted by Gasteiger charge is 2.09. The van der Waals surface area contributed by atoms with Crippen molar-refractivity contribution in [1.29, 1.82) is 0 Å². The molecule has 0 unspecified atom stereocenters. The number of hydrogen-bond acceptors (Lipinski definition) is 3. The zero-order chi connectivity index (χ0) is 14.4. The lowest BCUT2D eigenvalue weighted by Crippen LogP contribution is -2.05. The Morgan fingerprint density at radius 3 is 2.60 bits per heavy atom. The molecule has 0 aromatic heterocycles. The molecule has 1 N–H and O–H groups in total. The Morgan fingerprint density at radius 1 is 1.15 bits per heavy atom. The van der Waals surface area contributed by atoms with Gasteiger partial charge in [0.25, 0.3) is 0 Å². The average Bonchev–Trinajstić information content (AvgIpc) is 2.45. The second-order valence-corrected chi connectivity index (χ2v) is 5.92. The Kier molecular flexibility index (Phi) is 5.49. The second kappa shape index (κ2) is 7.36. The molecule has 2 aromatic rings. The summed E-state index contributed by atoms with van der Waals surface area (Å²) in [7, 11) is 0. The molecule has 2 aromatic carbocycles. The number of aromatic carboxylic acids is 1. The van der Waals surface area contributed by atoms with Crippen LogP contribution in [0.2, 0.25) is 0 Å². The van der Waals surface area contributed by atoms with Gasteiger partial charge in [-0.05, 0) is 40.2 Å². The molecule has 5 heteroatoms. The molecule has 0 bridgehead atoms. The number of thioether (sulfide) groups is 1. The van der Waals surface area contributed by atoms with Crippen LogP contribution in [0.15, 0.2) is 57.9 Å². The first-order valence-electron chi connectivity index (χ1n) is 6.01. The number of carboxylic acid groups (broad SMARTS) is 1. The van der Waals surface area contributed by atoms with Crippen LogP contribution in [0.3, 0.4) is 0 Å². The monoisotopic (exact) mass is 352 g/mol. The van der Waals surface area contributed by atoms with Crippen LogP contribution in [-0.4, -0.2) is 23.4 Å². The summed E-state index contributed by atoms with van der Waals surface area (Å²) in [5, 5.41) is 9.05. The highest BCUT2D eigenvalue weighted by Crippen LogP contribution is 2.27. The fraction of sp³-hybridized carbons (Fsp3) is 0.133. The molecule has 20 heavy (non-hydrogen) atoms. The van der Waals surface area contributed by atoms with Crippen molar-refractivity contribution in [2.45, 2.75) is 4.90 Å². The quantitative estimate of drug-likeness (QED) is 0.621. The first-order valence-corrected chi connectivity index (χ1v) is 7.79. The fourth-order valence-electron chi connectivity index (χ4n) is 1.63. The molecule has 0 heterocycles. The van der Waals surface area contributed by atoms with Crippen LogP contribution in [0.4, 0.5) is 0 Å². The number of carboxylic acids is 1. The van der Waals surface area contributed by atoms with E-state index in [4.69, 9.17) is 9.84 Å². The number of rotatable bonds is 6. The first-order chi connectivity index (χ1) is 9.68. The van der Waals surface area contributed by atoms with Gasteiger partial charge in [-0.2, -0.15) is 0 Å². The highest BCUT2D eigenvalue weighted by atomic mass is 79.9. The number of carbonyl (C=O) groups is 1. The van der Waals surface area contributed by atoms with E-state index in [1.165, 1.54) is 0 Å². The van der Waals surface area contributed by atoms with Crippen molar-refractivity contribution in [1.82, 2.24) is 0 Å². The molecule has 0 aliphatic rings. The zero-order valence-electron chi connectivity index (χ0n) is 10.6. The number of benzene rings is 2. The molecule has 104 valence electrons. The third kappa shape index (κ3) is 4.02. The Bertz CT molecular complexity index is 601. The SMILES string of the molecule is O=C(O)c1ccccc1OCCSc1ccccc1Br. The van der Waals surface area contributed by atoms with Crippen molar-refractivity contribution >= 4 is 33.7 Å². The van der Waals surface area contributed by atoms with E-state index in [9.17, 15) is 4.79 Å². The van der Waals surface area contributed by atoms with Gasteiger partial charge in [0.2, 0.25) is 0 Å². The summed E-state index contributed by atoms with van der Waals surface area (Å²) in [5.74, 6) is 0.183. The fourth-order valence-corrected chi connectivity index (χ4v) is 3.03. The van der Waals surface area contributed by atoms with Gasteiger partial charge in [-0.25, -0.2) is 4.79 Å². The summed E-state index contributed by atoms with van der Waals surface area (Å²) >= 11 is 5.15. The van der Waals surface area contributed by atoms with Crippen molar-refractivity contribution in [3.63, 3.8) is 0 Å². The summed E-state index contributed by atoms with van der Waals surface area (Å²) in [5.41, 5.74) is 0.193. The maximum absolute atomic E-state index is 11.0. The Balaban J connectivity index is 1.88. The third-order valence-corrected chi connectivity index (χ3v) is 4.54. The molecule has 2 rings (SSSR count). The van der Waals surface area contributed by atoms with Crippen molar-refractivity contribution in [2.24, 2.45) is 0 Å². The van der Waals surface area contributed by atoms with Crippen LogP contribution >= 0.6 is 27.7 Å². The van der Waals surface area contributed by atoms with Gasteiger partial charge in [0.15, 0.2) is 0 Å². The van der Waals surface area contributed by atoms with Crippen LogP contribution in [-0.2, 0) is 0 Å². The highest BCUT2D eigenvalue weighted by molar-refractivity contribution is 9.10. The lowest BCUT2D eigenvalue weighted by molar-refractivity contribution is 0.0692.